The van der Waals surface area contributed by atoms with E-state index >= 15 is 0 Å². The zero-order valence-electron chi connectivity index (χ0n) is 13.5. The molecule has 3 aliphatic rings. The molecular weight excluding hydrogens is 262 g/mol. The molecule has 0 aromatic heterocycles. The molecule has 3 atom stereocenters. The predicted octanol–water partition coefficient (Wildman–Crippen LogP) is 1.71. The van der Waals surface area contributed by atoms with Crippen molar-refractivity contribution in [3.63, 3.8) is 0 Å². The molecule has 4 nitrogen and oxygen atoms in total. The number of nitrogens with zero attached hydrogens (tertiary/aromatic N) is 2. The lowest BCUT2D eigenvalue weighted by atomic mass is 9.82. The maximum atomic E-state index is 12.1. The smallest absolute Gasteiger partial charge is 0.236 e. The number of carbonyl (C=O) groups is 1. The monoisotopic (exact) mass is 293 g/mol. The molecule has 0 aromatic rings. The average molecular weight is 293 g/mol. The predicted molar refractivity (Wildman–Crippen MR) is 85.2 cm³/mol. The van der Waals surface area contributed by atoms with Gasteiger partial charge in [-0.1, -0.05) is 19.8 Å². The molecule has 4 heteroatoms. The lowest BCUT2D eigenvalue weighted by Gasteiger charge is -2.42. The minimum Gasteiger partial charge on any atom is -0.336 e. The quantitative estimate of drug-likeness (QED) is 0.860. The lowest BCUT2D eigenvalue weighted by Crippen LogP contribution is -2.57. The van der Waals surface area contributed by atoms with Crippen molar-refractivity contribution in [3.8, 4) is 0 Å². The van der Waals surface area contributed by atoms with E-state index in [4.69, 9.17) is 0 Å². The van der Waals surface area contributed by atoms with Crippen LogP contribution in [0.15, 0.2) is 0 Å². The minimum absolute atomic E-state index is 0.305. The summed E-state index contributed by atoms with van der Waals surface area (Å²) in [4.78, 5) is 16.9. The maximum absolute atomic E-state index is 12.1. The van der Waals surface area contributed by atoms with Crippen LogP contribution in [0.25, 0.3) is 0 Å². The standard InChI is InChI=1S/C17H31N3O/c1-14-4-2-5-15(10-14)12-19-8-3-6-16(13-19)20-9-7-18-11-17(20)21/h14-16,18H,2-13H2,1H3. The number of piperazine rings is 1. The summed E-state index contributed by atoms with van der Waals surface area (Å²) < 4.78 is 0. The second kappa shape index (κ2) is 7.10. The Kier molecular flexibility index (Phi) is 5.17. The second-order valence-electron chi connectivity index (χ2n) is 7.46. The van der Waals surface area contributed by atoms with Crippen LogP contribution in [0, 0.1) is 11.8 Å². The summed E-state index contributed by atoms with van der Waals surface area (Å²) in [6, 6.07) is 0.467. The number of hydrogen-bond donors (Lipinski definition) is 1. The van der Waals surface area contributed by atoms with Crippen molar-refractivity contribution in [2.24, 2.45) is 11.8 Å². The number of likely N-dealkylation sites (tertiary alicyclic amines) is 1. The van der Waals surface area contributed by atoms with Gasteiger partial charge in [-0.25, -0.2) is 0 Å². The van der Waals surface area contributed by atoms with Gasteiger partial charge < -0.3 is 15.1 Å². The number of rotatable bonds is 3. The Morgan fingerprint density at radius 3 is 2.90 bits per heavy atom. The van der Waals surface area contributed by atoms with Crippen molar-refractivity contribution in [3.05, 3.63) is 0 Å². The van der Waals surface area contributed by atoms with Crippen LogP contribution in [-0.4, -0.2) is 61.0 Å². The minimum atomic E-state index is 0.305. The molecule has 1 amide bonds. The Morgan fingerprint density at radius 2 is 2.10 bits per heavy atom. The molecule has 2 heterocycles. The van der Waals surface area contributed by atoms with Gasteiger partial charge in [-0.2, -0.15) is 0 Å². The molecule has 2 aliphatic heterocycles. The van der Waals surface area contributed by atoms with E-state index in [2.05, 4.69) is 22.0 Å². The van der Waals surface area contributed by atoms with Crippen molar-refractivity contribution < 1.29 is 4.79 Å². The third-order valence-electron chi connectivity index (χ3n) is 5.61. The largest absolute Gasteiger partial charge is 0.336 e. The first-order valence-corrected chi connectivity index (χ1v) is 8.95. The zero-order valence-corrected chi connectivity index (χ0v) is 13.5. The van der Waals surface area contributed by atoms with Crippen LogP contribution in [0.1, 0.15) is 45.4 Å². The summed E-state index contributed by atoms with van der Waals surface area (Å²) in [6.45, 7) is 8.42. The molecule has 0 bridgehead atoms. The van der Waals surface area contributed by atoms with Crippen molar-refractivity contribution in [1.29, 1.82) is 0 Å². The van der Waals surface area contributed by atoms with E-state index in [1.54, 1.807) is 0 Å². The Labute approximate surface area is 129 Å². The fourth-order valence-corrected chi connectivity index (χ4v) is 4.55. The Balaban J connectivity index is 1.51. The molecule has 1 saturated carbocycles. The highest BCUT2D eigenvalue weighted by atomic mass is 16.2. The SMILES string of the molecule is CC1CCCC(CN2CCCC(N3CCNCC3=O)C2)C1. The molecule has 3 fully saturated rings. The van der Waals surface area contributed by atoms with Crippen LogP contribution in [-0.2, 0) is 4.79 Å². The third-order valence-corrected chi connectivity index (χ3v) is 5.61. The van der Waals surface area contributed by atoms with Crippen LogP contribution >= 0.6 is 0 Å². The van der Waals surface area contributed by atoms with E-state index in [0.29, 0.717) is 18.5 Å². The highest BCUT2D eigenvalue weighted by molar-refractivity contribution is 5.79. The van der Waals surface area contributed by atoms with Gasteiger partial charge >= 0.3 is 0 Å². The fourth-order valence-electron chi connectivity index (χ4n) is 4.55. The van der Waals surface area contributed by atoms with Gasteiger partial charge in [0.1, 0.15) is 0 Å². The van der Waals surface area contributed by atoms with Crippen molar-refractivity contribution >= 4 is 5.91 Å². The number of hydrogen-bond acceptors (Lipinski definition) is 3. The summed E-state index contributed by atoms with van der Waals surface area (Å²) in [6.07, 6.45) is 8.12. The summed E-state index contributed by atoms with van der Waals surface area (Å²) in [5.41, 5.74) is 0. The Hall–Kier alpha value is -0.610. The second-order valence-corrected chi connectivity index (χ2v) is 7.46. The summed E-state index contributed by atoms with van der Waals surface area (Å²) in [5, 5.41) is 3.18. The number of carbonyl (C=O) groups excluding carboxylic acids is 1. The van der Waals surface area contributed by atoms with Crippen LogP contribution in [0.4, 0.5) is 0 Å². The van der Waals surface area contributed by atoms with Crippen LogP contribution in [0.5, 0.6) is 0 Å². The summed E-state index contributed by atoms with van der Waals surface area (Å²) in [7, 11) is 0. The molecule has 2 saturated heterocycles. The van der Waals surface area contributed by atoms with E-state index in [1.807, 2.05) is 0 Å². The summed E-state index contributed by atoms with van der Waals surface area (Å²) >= 11 is 0. The molecule has 1 N–H and O–H groups in total. The normalized spacial score (nSPS) is 36.0. The van der Waals surface area contributed by atoms with Gasteiger partial charge in [-0.05, 0) is 44.1 Å². The first kappa shape index (κ1) is 15.3. The van der Waals surface area contributed by atoms with Gasteiger partial charge in [-0.3, -0.25) is 4.79 Å². The number of nitrogens with one attached hydrogen (secondary N) is 1. The average Bonchev–Trinajstić information content (AvgIpc) is 2.48. The lowest BCUT2D eigenvalue weighted by molar-refractivity contribution is -0.135. The van der Waals surface area contributed by atoms with Crippen molar-refractivity contribution in [2.75, 3.05) is 39.3 Å². The van der Waals surface area contributed by atoms with Gasteiger partial charge in [0.05, 0.1) is 6.54 Å². The molecule has 0 spiro atoms. The topological polar surface area (TPSA) is 35.6 Å². The van der Waals surface area contributed by atoms with E-state index < -0.39 is 0 Å². The molecule has 21 heavy (non-hydrogen) atoms. The van der Waals surface area contributed by atoms with Crippen LogP contribution in [0.3, 0.4) is 0 Å². The molecule has 120 valence electrons. The number of amides is 1. The molecule has 1 aliphatic carbocycles. The van der Waals surface area contributed by atoms with E-state index in [1.165, 1.54) is 51.6 Å². The van der Waals surface area contributed by atoms with Gasteiger partial charge in [-0.15, -0.1) is 0 Å². The van der Waals surface area contributed by atoms with Crippen LogP contribution in [0.2, 0.25) is 0 Å². The van der Waals surface area contributed by atoms with Gasteiger partial charge in [0.15, 0.2) is 0 Å². The molecule has 3 rings (SSSR count). The van der Waals surface area contributed by atoms with Gasteiger partial charge in [0.25, 0.3) is 0 Å². The van der Waals surface area contributed by atoms with E-state index in [-0.39, 0.29) is 0 Å². The fraction of sp³-hybridized carbons (Fsp3) is 0.941. The maximum Gasteiger partial charge on any atom is 0.236 e. The molecule has 0 aromatic carbocycles. The zero-order chi connectivity index (χ0) is 14.7. The molecule has 0 radical (unpaired) electrons. The number of piperidine rings is 1. The third kappa shape index (κ3) is 3.98. The highest BCUT2D eigenvalue weighted by Crippen LogP contribution is 2.30. The van der Waals surface area contributed by atoms with Gasteiger partial charge in [0.2, 0.25) is 5.91 Å². The van der Waals surface area contributed by atoms with Crippen LogP contribution < -0.4 is 5.32 Å². The summed E-state index contributed by atoms with van der Waals surface area (Å²) in [5.74, 6) is 2.12. The molecule has 3 unspecified atom stereocenters. The van der Waals surface area contributed by atoms with E-state index in [0.717, 1.165) is 31.5 Å². The first-order chi connectivity index (χ1) is 10.2. The Morgan fingerprint density at radius 1 is 1.19 bits per heavy atom. The van der Waals surface area contributed by atoms with Crippen molar-refractivity contribution in [2.45, 2.75) is 51.5 Å². The molecular formula is C17H31N3O. The van der Waals surface area contributed by atoms with Gasteiger partial charge in [0, 0.05) is 32.2 Å². The van der Waals surface area contributed by atoms with Crippen molar-refractivity contribution in [1.82, 2.24) is 15.1 Å². The van der Waals surface area contributed by atoms with E-state index in [9.17, 15) is 4.79 Å². The first-order valence-electron chi connectivity index (χ1n) is 8.95. The Bertz CT molecular complexity index is 360. The highest BCUT2D eigenvalue weighted by Gasteiger charge is 2.31.